The third kappa shape index (κ3) is 2.62. The smallest absolute Gasteiger partial charge is 0.0951 e. The van der Waals surface area contributed by atoms with Crippen LogP contribution in [0.5, 0.6) is 0 Å². The Morgan fingerprint density at radius 1 is 1.22 bits per heavy atom. The molecule has 0 atom stereocenters. The maximum atomic E-state index is 4.50. The maximum absolute atomic E-state index is 4.50. The number of hydrogen-bond donors (Lipinski definition) is 1. The van der Waals surface area contributed by atoms with Crippen molar-refractivity contribution in [2.24, 2.45) is 7.05 Å². The predicted octanol–water partition coefficient (Wildman–Crippen LogP) is 2.41. The summed E-state index contributed by atoms with van der Waals surface area (Å²) in [5, 5.41) is 3.17. The van der Waals surface area contributed by atoms with E-state index in [0.717, 1.165) is 25.1 Å². The Morgan fingerprint density at radius 3 is 2.56 bits per heavy atom. The highest BCUT2D eigenvalue weighted by atomic mass is 15.0. The highest BCUT2D eigenvalue weighted by Crippen LogP contribution is 2.23. The Kier molecular flexibility index (Phi) is 4.15. The number of nitrogens with one attached hydrogen (secondary N) is 1. The average Bonchev–Trinajstić information content (AvgIpc) is 2.77. The number of rotatable bonds is 5. The van der Waals surface area contributed by atoms with Crippen LogP contribution in [0.3, 0.4) is 0 Å². The molecule has 0 fully saturated rings. The van der Waals surface area contributed by atoms with Gasteiger partial charge >= 0.3 is 0 Å². The molecule has 18 heavy (non-hydrogen) atoms. The van der Waals surface area contributed by atoms with Gasteiger partial charge in [0.25, 0.3) is 0 Å². The van der Waals surface area contributed by atoms with Crippen molar-refractivity contribution in [3.05, 3.63) is 41.9 Å². The molecule has 0 spiro atoms. The van der Waals surface area contributed by atoms with Gasteiger partial charge in [-0.05, 0) is 19.0 Å². The first-order chi connectivity index (χ1) is 8.76. The number of likely N-dealkylation sites (N-methyl/N-ethyl adjacent to an activating group) is 1. The second kappa shape index (κ2) is 5.83. The van der Waals surface area contributed by atoms with Crippen molar-refractivity contribution in [2.75, 3.05) is 13.6 Å². The number of aromatic nitrogens is 2. The lowest BCUT2D eigenvalue weighted by atomic mass is 10.1. The van der Waals surface area contributed by atoms with Gasteiger partial charge in [0.2, 0.25) is 0 Å². The summed E-state index contributed by atoms with van der Waals surface area (Å²) in [7, 11) is 4.03. The fourth-order valence-corrected chi connectivity index (χ4v) is 2.17. The highest BCUT2D eigenvalue weighted by Gasteiger charge is 2.10. The maximum Gasteiger partial charge on any atom is 0.0951 e. The van der Waals surface area contributed by atoms with Crippen LogP contribution in [0.4, 0.5) is 0 Å². The SMILES string of the molecule is CCc1ccc(-c2c(CCNC)ncn2C)cc1. The van der Waals surface area contributed by atoms with Gasteiger partial charge in [0.1, 0.15) is 0 Å². The molecule has 96 valence electrons. The Morgan fingerprint density at radius 2 is 1.94 bits per heavy atom. The molecule has 0 amide bonds. The van der Waals surface area contributed by atoms with E-state index in [1.165, 1.54) is 16.8 Å². The summed E-state index contributed by atoms with van der Waals surface area (Å²) >= 11 is 0. The molecule has 1 heterocycles. The van der Waals surface area contributed by atoms with E-state index in [1.54, 1.807) is 0 Å². The van der Waals surface area contributed by atoms with E-state index < -0.39 is 0 Å². The Hall–Kier alpha value is -1.61. The van der Waals surface area contributed by atoms with Crippen molar-refractivity contribution in [1.29, 1.82) is 0 Å². The minimum absolute atomic E-state index is 0.955. The lowest BCUT2D eigenvalue weighted by Crippen LogP contribution is -2.11. The van der Waals surface area contributed by atoms with Gasteiger partial charge in [-0.3, -0.25) is 0 Å². The van der Waals surface area contributed by atoms with Gasteiger partial charge < -0.3 is 9.88 Å². The van der Waals surface area contributed by atoms with E-state index in [1.807, 2.05) is 13.4 Å². The molecule has 0 aliphatic heterocycles. The van der Waals surface area contributed by atoms with Gasteiger partial charge in [0.05, 0.1) is 17.7 Å². The lowest BCUT2D eigenvalue weighted by molar-refractivity contribution is 0.780. The van der Waals surface area contributed by atoms with E-state index in [9.17, 15) is 0 Å². The van der Waals surface area contributed by atoms with Crippen molar-refractivity contribution < 1.29 is 0 Å². The van der Waals surface area contributed by atoms with Crippen molar-refractivity contribution in [2.45, 2.75) is 19.8 Å². The Balaban J connectivity index is 2.32. The summed E-state index contributed by atoms with van der Waals surface area (Å²) in [6, 6.07) is 8.78. The summed E-state index contributed by atoms with van der Waals surface area (Å²) in [5.41, 5.74) is 5.01. The molecular formula is C15H21N3. The van der Waals surface area contributed by atoms with Crippen molar-refractivity contribution >= 4 is 0 Å². The van der Waals surface area contributed by atoms with Crippen molar-refractivity contribution in [3.63, 3.8) is 0 Å². The first kappa shape index (κ1) is 12.8. The standard InChI is InChI=1S/C15H21N3/c1-4-12-5-7-13(8-6-12)15-14(9-10-16-2)17-11-18(15)3/h5-8,11,16H,4,9-10H2,1-3H3. The number of aryl methyl sites for hydroxylation is 2. The fourth-order valence-electron chi connectivity index (χ4n) is 2.17. The summed E-state index contributed by atoms with van der Waals surface area (Å²) in [5.74, 6) is 0. The zero-order valence-corrected chi connectivity index (χ0v) is 11.4. The topological polar surface area (TPSA) is 29.9 Å². The van der Waals surface area contributed by atoms with Crippen LogP contribution in [-0.2, 0) is 19.9 Å². The molecule has 3 nitrogen and oxygen atoms in total. The van der Waals surface area contributed by atoms with Crippen LogP contribution < -0.4 is 5.32 Å². The van der Waals surface area contributed by atoms with Gasteiger partial charge in [0, 0.05) is 25.6 Å². The molecule has 1 N–H and O–H groups in total. The second-order valence-corrected chi connectivity index (χ2v) is 4.55. The van der Waals surface area contributed by atoms with Crippen LogP contribution in [0.15, 0.2) is 30.6 Å². The van der Waals surface area contributed by atoms with Crippen LogP contribution in [0, 0.1) is 0 Å². The molecule has 1 aromatic heterocycles. The second-order valence-electron chi connectivity index (χ2n) is 4.55. The number of hydrogen-bond acceptors (Lipinski definition) is 2. The average molecular weight is 243 g/mol. The van der Waals surface area contributed by atoms with Gasteiger partial charge in [-0.15, -0.1) is 0 Å². The zero-order valence-electron chi connectivity index (χ0n) is 11.4. The minimum Gasteiger partial charge on any atom is -0.334 e. The van der Waals surface area contributed by atoms with Crippen LogP contribution in [0.25, 0.3) is 11.3 Å². The van der Waals surface area contributed by atoms with Gasteiger partial charge in [-0.2, -0.15) is 0 Å². The van der Waals surface area contributed by atoms with Crippen molar-refractivity contribution in [3.8, 4) is 11.3 Å². The molecule has 0 aliphatic carbocycles. The number of nitrogens with zero attached hydrogens (tertiary/aromatic N) is 2. The Labute approximate surface area is 109 Å². The predicted molar refractivity (Wildman–Crippen MR) is 75.7 cm³/mol. The molecule has 1 aromatic carbocycles. The Bertz CT molecular complexity index is 497. The van der Waals surface area contributed by atoms with Gasteiger partial charge in [-0.1, -0.05) is 31.2 Å². The molecule has 0 saturated heterocycles. The molecule has 2 rings (SSSR count). The van der Waals surface area contributed by atoms with Crippen LogP contribution in [0.1, 0.15) is 18.2 Å². The van der Waals surface area contributed by atoms with Crippen LogP contribution in [0.2, 0.25) is 0 Å². The van der Waals surface area contributed by atoms with E-state index in [-0.39, 0.29) is 0 Å². The summed E-state index contributed by atoms with van der Waals surface area (Å²) in [6.45, 7) is 3.13. The molecule has 3 heteroatoms. The third-order valence-corrected chi connectivity index (χ3v) is 3.26. The largest absolute Gasteiger partial charge is 0.334 e. The number of imidazole rings is 1. The first-order valence-electron chi connectivity index (χ1n) is 6.50. The first-order valence-corrected chi connectivity index (χ1v) is 6.50. The van der Waals surface area contributed by atoms with E-state index in [2.05, 4.69) is 53.1 Å². The van der Waals surface area contributed by atoms with E-state index in [0.29, 0.717) is 0 Å². The molecular weight excluding hydrogens is 222 g/mol. The molecule has 0 radical (unpaired) electrons. The normalized spacial score (nSPS) is 10.8. The van der Waals surface area contributed by atoms with Crippen LogP contribution in [-0.4, -0.2) is 23.1 Å². The van der Waals surface area contributed by atoms with E-state index in [4.69, 9.17) is 0 Å². The molecule has 0 saturated carbocycles. The van der Waals surface area contributed by atoms with E-state index >= 15 is 0 Å². The highest BCUT2D eigenvalue weighted by molar-refractivity contribution is 5.62. The van der Waals surface area contributed by atoms with Crippen LogP contribution >= 0.6 is 0 Å². The molecule has 0 aliphatic rings. The van der Waals surface area contributed by atoms with Gasteiger partial charge in [0.15, 0.2) is 0 Å². The fraction of sp³-hybridized carbons (Fsp3) is 0.400. The molecule has 0 bridgehead atoms. The monoisotopic (exact) mass is 243 g/mol. The summed E-state index contributed by atoms with van der Waals surface area (Å²) < 4.78 is 2.10. The zero-order chi connectivity index (χ0) is 13.0. The third-order valence-electron chi connectivity index (χ3n) is 3.26. The lowest BCUT2D eigenvalue weighted by Gasteiger charge is -2.07. The summed E-state index contributed by atoms with van der Waals surface area (Å²) in [6.07, 6.45) is 3.94. The molecule has 2 aromatic rings. The van der Waals surface area contributed by atoms with Crippen molar-refractivity contribution in [1.82, 2.24) is 14.9 Å². The summed E-state index contributed by atoms with van der Waals surface area (Å²) in [4.78, 5) is 4.50. The van der Waals surface area contributed by atoms with Gasteiger partial charge in [-0.25, -0.2) is 4.98 Å². The molecule has 0 unspecified atom stereocenters. The minimum atomic E-state index is 0.955. The quantitative estimate of drug-likeness (QED) is 0.874. The number of benzene rings is 1.